The van der Waals surface area contributed by atoms with E-state index in [4.69, 9.17) is 14.5 Å². The minimum absolute atomic E-state index is 0.0445. The Morgan fingerprint density at radius 3 is 2.55 bits per heavy atom. The highest BCUT2D eigenvalue weighted by Gasteiger charge is 2.26. The Balaban J connectivity index is 1.04. The Kier molecular flexibility index (Phi) is 11.9. The summed E-state index contributed by atoms with van der Waals surface area (Å²) in [6, 6.07) is 19.7. The highest BCUT2D eigenvalue weighted by atomic mass is 79.9. The van der Waals surface area contributed by atoms with Crippen molar-refractivity contribution in [2.75, 3.05) is 36.2 Å². The molecule has 1 fully saturated rings. The van der Waals surface area contributed by atoms with Crippen LogP contribution in [0.25, 0.3) is 10.9 Å². The summed E-state index contributed by atoms with van der Waals surface area (Å²) in [4.78, 5) is 32.8. The number of nitrogens with one attached hydrogen (secondary N) is 4. The van der Waals surface area contributed by atoms with Gasteiger partial charge in [-0.05, 0) is 75.1 Å². The molecule has 2 heterocycles. The average molecular weight is 704 g/mol. The number of amides is 2. The van der Waals surface area contributed by atoms with Gasteiger partial charge in [-0.25, -0.2) is 9.97 Å². The van der Waals surface area contributed by atoms with Gasteiger partial charge in [0.2, 0.25) is 11.8 Å². The van der Waals surface area contributed by atoms with E-state index in [9.17, 15) is 9.59 Å². The molecular formula is C36H43BrN6O4. The number of methoxy groups -OCH3 is 1. The molecule has 11 heteroatoms. The lowest BCUT2D eigenvalue weighted by Crippen LogP contribution is -2.47. The fraction of sp³-hybridized carbons (Fsp3) is 0.389. The van der Waals surface area contributed by atoms with Crippen LogP contribution in [0, 0.1) is 6.92 Å². The van der Waals surface area contributed by atoms with Gasteiger partial charge in [0.05, 0.1) is 25.3 Å². The average Bonchev–Trinajstić information content (AvgIpc) is 3.05. The fourth-order valence-corrected chi connectivity index (χ4v) is 6.04. The van der Waals surface area contributed by atoms with Crippen molar-refractivity contribution in [2.24, 2.45) is 0 Å². The van der Waals surface area contributed by atoms with Crippen molar-refractivity contribution in [1.82, 2.24) is 15.3 Å². The van der Waals surface area contributed by atoms with Gasteiger partial charge in [0, 0.05) is 40.3 Å². The maximum absolute atomic E-state index is 12.0. The van der Waals surface area contributed by atoms with Crippen molar-refractivity contribution >= 4 is 55.8 Å². The number of piperidine rings is 1. The SMILES string of the molecule is COc1cc2c(N[C@H](C)c3cccc(Br)c3)nc(C)nc2cc1OCCCCCCCNc1cccc(NC2CCC(=O)NC2=O)c1. The zero-order chi connectivity index (χ0) is 33.2. The summed E-state index contributed by atoms with van der Waals surface area (Å²) in [6.07, 6.45) is 6.17. The third-order valence-corrected chi connectivity index (χ3v) is 8.64. The number of nitrogens with zero attached hydrogens (tertiary/aromatic N) is 2. The van der Waals surface area contributed by atoms with E-state index in [1.807, 2.05) is 55.5 Å². The van der Waals surface area contributed by atoms with Gasteiger partial charge in [-0.1, -0.05) is 53.4 Å². The standard InChI is InChI=1S/C36H43BrN6O4/c1-23(25-11-9-12-26(37)19-25)39-35-29-21-32(46-3)33(22-31(29)40-24(2)41-35)47-18-8-6-4-5-7-17-38-27-13-10-14-28(20-27)42-30-15-16-34(44)43-36(30)45/h9-14,19-23,30,38,42H,4-8,15-18H2,1-3H3,(H,39,40,41)(H,43,44,45)/t23-,30?/m1/s1. The maximum Gasteiger partial charge on any atom is 0.249 e. The molecule has 1 unspecified atom stereocenters. The molecule has 0 aliphatic carbocycles. The first kappa shape index (κ1) is 34.0. The van der Waals surface area contributed by atoms with Crippen LogP contribution in [0.15, 0.2) is 65.1 Å². The Morgan fingerprint density at radius 1 is 0.957 bits per heavy atom. The molecule has 3 aromatic carbocycles. The highest BCUT2D eigenvalue weighted by Crippen LogP contribution is 2.35. The topological polar surface area (TPSA) is 126 Å². The van der Waals surface area contributed by atoms with Gasteiger partial charge in [0.1, 0.15) is 17.7 Å². The van der Waals surface area contributed by atoms with Crippen LogP contribution >= 0.6 is 15.9 Å². The van der Waals surface area contributed by atoms with Crippen molar-refractivity contribution in [2.45, 2.75) is 70.9 Å². The zero-order valence-corrected chi connectivity index (χ0v) is 28.8. The molecule has 248 valence electrons. The summed E-state index contributed by atoms with van der Waals surface area (Å²) < 4.78 is 12.9. The van der Waals surface area contributed by atoms with Crippen LogP contribution in [0.1, 0.15) is 69.3 Å². The quantitative estimate of drug-likeness (QED) is 0.0692. The van der Waals surface area contributed by atoms with E-state index in [2.05, 4.69) is 61.2 Å². The van der Waals surface area contributed by atoms with Gasteiger partial charge in [-0.3, -0.25) is 14.9 Å². The van der Waals surface area contributed by atoms with Gasteiger partial charge < -0.3 is 25.4 Å². The van der Waals surface area contributed by atoms with Crippen LogP contribution < -0.4 is 30.7 Å². The lowest BCUT2D eigenvalue weighted by Gasteiger charge is -2.23. The fourth-order valence-electron chi connectivity index (χ4n) is 5.62. The first-order valence-corrected chi connectivity index (χ1v) is 17.0. The van der Waals surface area contributed by atoms with E-state index in [0.717, 1.165) is 76.8 Å². The number of ether oxygens (including phenoxy) is 2. The number of aromatic nitrogens is 2. The van der Waals surface area contributed by atoms with Gasteiger partial charge in [-0.2, -0.15) is 0 Å². The number of halogens is 1. The van der Waals surface area contributed by atoms with E-state index >= 15 is 0 Å². The second kappa shape index (κ2) is 16.4. The lowest BCUT2D eigenvalue weighted by molar-refractivity contribution is -0.133. The molecular weight excluding hydrogens is 660 g/mol. The number of fused-ring (bicyclic) bond motifs is 1. The smallest absolute Gasteiger partial charge is 0.249 e. The number of benzene rings is 3. The maximum atomic E-state index is 12.0. The highest BCUT2D eigenvalue weighted by molar-refractivity contribution is 9.10. The van der Waals surface area contributed by atoms with Crippen molar-refractivity contribution in [3.63, 3.8) is 0 Å². The summed E-state index contributed by atoms with van der Waals surface area (Å²) in [5.74, 6) is 2.31. The molecule has 4 aromatic rings. The molecule has 0 radical (unpaired) electrons. The zero-order valence-electron chi connectivity index (χ0n) is 27.2. The molecule has 1 saturated heterocycles. The van der Waals surface area contributed by atoms with Crippen LogP contribution in [0.2, 0.25) is 0 Å². The monoisotopic (exact) mass is 702 g/mol. The Labute approximate surface area is 284 Å². The first-order chi connectivity index (χ1) is 22.8. The van der Waals surface area contributed by atoms with E-state index in [1.165, 1.54) is 0 Å². The first-order valence-electron chi connectivity index (χ1n) is 16.2. The number of hydrogen-bond donors (Lipinski definition) is 4. The van der Waals surface area contributed by atoms with Crippen molar-refractivity contribution < 1.29 is 19.1 Å². The second-order valence-electron chi connectivity index (χ2n) is 11.8. The summed E-state index contributed by atoms with van der Waals surface area (Å²) in [7, 11) is 1.65. The number of carbonyl (C=O) groups is 2. The summed E-state index contributed by atoms with van der Waals surface area (Å²) in [5.41, 5.74) is 3.82. The number of carbonyl (C=O) groups excluding carboxylic acids is 2. The molecule has 1 aliphatic heterocycles. The minimum Gasteiger partial charge on any atom is -0.493 e. The molecule has 0 spiro atoms. The lowest BCUT2D eigenvalue weighted by atomic mass is 10.1. The molecule has 5 rings (SSSR count). The van der Waals surface area contributed by atoms with Crippen LogP contribution in [-0.2, 0) is 9.59 Å². The molecule has 2 amide bonds. The third kappa shape index (κ3) is 9.57. The molecule has 4 N–H and O–H groups in total. The largest absolute Gasteiger partial charge is 0.493 e. The van der Waals surface area contributed by atoms with Crippen LogP contribution in [0.3, 0.4) is 0 Å². The Hall–Kier alpha value is -4.38. The van der Waals surface area contributed by atoms with Crippen LogP contribution in [0.4, 0.5) is 17.2 Å². The number of rotatable bonds is 16. The van der Waals surface area contributed by atoms with Crippen molar-refractivity contribution in [3.8, 4) is 11.5 Å². The van der Waals surface area contributed by atoms with Gasteiger partial charge in [0.15, 0.2) is 11.5 Å². The number of hydrogen-bond acceptors (Lipinski definition) is 9. The third-order valence-electron chi connectivity index (χ3n) is 8.15. The summed E-state index contributed by atoms with van der Waals surface area (Å²) in [6.45, 7) is 5.47. The molecule has 1 aliphatic rings. The predicted octanol–water partition coefficient (Wildman–Crippen LogP) is 7.54. The van der Waals surface area contributed by atoms with E-state index in [-0.39, 0.29) is 23.9 Å². The number of imide groups is 1. The predicted molar refractivity (Wildman–Crippen MR) is 190 cm³/mol. The molecule has 1 aromatic heterocycles. The number of aryl methyl sites for hydroxylation is 1. The van der Waals surface area contributed by atoms with Gasteiger partial charge in [-0.15, -0.1) is 0 Å². The number of unbranched alkanes of at least 4 members (excludes halogenated alkanes) is 4. The molecule has 2 atom stereocenters. The van der Waals surface area contributed by atoms with Crippen LogP contribution in [-0.4, -0.2) is 48.1 Å². The summed E-state index contributed by atoms with van der Waals surface area (Å²) in [5, 5.41) is 13.5. The van der Waals surface area contributed by atoms with E-state index in [0.29, 0.717) is 36.8 Å². The van der Waals surface area contributed by atoms with E-state index < -0.39 is 0 Å². The Bertz CT molecular complexity index is 1700. The Morgan fingerprint density at radius 2 is 1.74 bits per heavy atom. The van der Waals surface area contributed by atoms with Crippen LogP contribution in [0.5, 0.6) is 11.5 Å². The molecule has 47 heavy (non-hydrogen) atoms. The van der Waals surface area contributed by atoms with Crippen molar-refractivity contribution in [1.29, 1.82) is 0 Å². The number of anilines is 3. The second-order valence-corrected chi connectivity index (χ2v) is 12.7. The van der Waals surface area contributed by atoms with Gasteiger partial charge in [0.25, 0.3) is 0 Å². The normalized spacial score (nSPS) is 15.2. The molecule has 0 saturated carbocycles. The van der Waals surface area contributed by atoms with Gasteiger partial charge >= 0.3 is 0 Å². The summed E-state index contributed by atoms with van der Waals surface area (Å²) >= 11 is 3.56. The van der Waals surface area contributed by atoms with Crippen molar-refractivity contribution in [3.05, 3.63) is 76.5 Å². The van der Waals surface area contributed by atoms with E-state index in [1.54, 1.807) is 7.11 Å². The molecule has 0 bridgehead atoms. The minimum atomic E-state index is -0.389. The molecule has 10 nitrogen and oxygen atoms in total.